The fourth-order valence-corrected chi connectivity index (χ4v) is 1.02. The summed E-state index contributed by atoms with van der Waals surface area (Å²) in [5, 5.41) is 0. The van der Waals surface area contributed by atoms with Crippen LogP contribution in [0.25, 0.3) is 0 Å². The highest BCUT2D eigenvalue weighted by molar-refractivity contribution is 5.78. The SMILES string of the molecule is CCOC(=O)C(C)OC(=O)N(CC)CC. The molecule has 0 aliphatic carbocycles. The van der Waals surface area contributed by atoms with Crippen molar-refractivity contribution in [2.75, 3.05) is 19.7 Å². The van der Waals surface area contributed by atoms with Crippen LogP contribution in [0, 0.1) is 0 Å². The molecule has 5 nitrogen and oxygen atoms in total. The van der Waals surface area contributed by atoms with Gasteiger partial charge in [0.05, 0.1) is 6.61 Å². The van der Waals surface area contributed by atoms with Crippen LogP contribution in [-0.2, 0) is 14.3 Å². The van der Waals surface area contributed by atoms with Crippen LogP contribution in [0.15, 0.2) is 0 Å². The molecule has 0 aliphatic rings. The quantitative estimate of drug-likeness (QED) is 0.653. The van der Waals surface area contributed by atoms with Gasteiger partial charge in [-0.3, -0.25) is 0 Å². The van der Waals surface area contributed by atoms with Gasteiger partial charge in [0, 0.05) is 13.1 Å². The van der Waals surface area contributed by atoms with Crippen molar-refractivity contribution in [3.63, 3.8) is 0 Å². The smallest absolute Gasteiger partial charge is 0.410 e. The Balaban J connectivity index is 4.10. The molecule has 0 aromatic heterocycles. The highest BCUT2D eigenvalue weighted by atomic mass is 16.6. The van der Waals surface area contributed by atoms with Crippen molar-refractivity contribution in [2.45, 2.75) is 33.8 Å². The minimum atomic E-state index is -0.849. The van der Waals surface area contributed by atoms with E-state index in [0.29, 0.717) is 13.1 Å². The van der Waals surface area contributed by atoms with Crippen molar-refractivity contribution in [1.29, 1.82) is 0 Å². The number of hydrogen-bond acceptors (Lipinski definition) is 4. The molecule has 0 fully saturated rings. The van der Waals surface area contributed by atoms with Crippen LogP contribution in [0.3, 0.4) is 0 Å². The first-order valence-corrected chi connectivity index (χ1v) is 5.18. The first-order chi connectivity index (χ1) is 7.06. The van der Waals surface area contributed by atoms with Crippen LogP contribution < -0.4 is 0 Å². The Morgan fingerprint density at radius 1 is 1.20 bits per heavy atom. The highest BCUT2D eigenvalue weighted by Crippen LogP contribution is 2.00. The summed E-state index contributed by atoms with van der Waals surface area (Å²) in [6.45, 7) is 8.30. The Morgan fingerprint density at radius 3 is 2.13 bits per heavy atom. The second-order valence-corrected chi connectivity index (χ2v) is 2.95. The van der Waals surface area contributed by atoms with E-state index >= 15 is 0 Å². The zero-order valence-corrected chi connectivity index (χ0v) is 9.78. The first kappa shape index (κ1) is 13.7. The van der Waals surface area contributed by atoms with Crippen molar-refractivity contribution < 1.29 is 19.1 Å². The predicted molar refractivity (Wildman–Crippen MR) is 55.5 cm³/mol. The van der Waals surface area contributed by atoms with Crippen molar-refractivity contribution in [3.05, 3.63) is 0 Å². The number of esters is 1. The summed E-state index contributed by atoms with van der Waals surface area (Å²) in [6, 6.07) is 0. The number of nitrogens with zero attached hydrogens (tertiary/aromatic N) is 1. The van der Waals surface area contributed by atoms with Gasteiger partial charge in [0.2, 0.25) is 0 Å². The molecule has 0 aliphatic heterocycles. The lowest BCUT2D eigenvalue weighted by molar-refractivity contribution is -0.152. The maximum absolute atomic E-state index is 11.4. The number of amides is 1. The summed E-state index contributed by atoms with van der Waals surface area (Å²) in [6.07, 6.45) is -1.33. The van der Waals surface area contributed by atoms with E-state index in [1.165, 1.54) is 11.8 Å². The molecule has 0 saturated heterocycles. The van der Waals surface area contributed by atoms with Crippen LogP contribution in [0.5, 0.6) is 0 Å². The average Bonchev–Trinajstić information content (AvgIpc) is 2.19. The number of hydrogen-bond donors (Lipinski definition) is 0. The molecule has 5 heteroatoms. The average molecular weight is 217 g/mol. The van der Waals surface area contributed by atoms with Gasteiger partial charge in [0.1, 0.15) is 0 Å². The van der Waals surface area contributed by atoms with Crippen molar-refractivity contribution in [1.82, 2.24) is 4.90 Å². The molecule has 1 atom stereocenters. The second-order valence-electron chi connectivity index (χ2n) is 2.95. The van der Waals surface area contributed by atoms with Gasteiger partial charge in [-0.05, 0) is 27.7 Å². The van der Waals surface area contributed by atoms with Crippen molar-refractivity contribution >= 4 is 12.1 Å². The molecule has 15 heavy (non-hydrogen) atoms. The van der Waals surface area contributed by atoms with E-state index in [2.05, 4.69) is 0 Å². The summed E-state index contributed by atoms with van der Waals surface area (Å²) in [5.74, 6) is -0.516. The lowest BCUT2D eigenvalue weighted by atomic mass is 10.4. The number of ether oxygens (including phenoxy) is 2. The van der Waals surface area contributed by atoms with E-state index in [0.717, 1.165) is 0 Å². The predicted octanol–water partition coefficient (Wildman–Crippen LogP) is 1.42. The molecule has 0 radical (unpaired) electrons. The Morgan fingerprint density at radius 2 is 1.73 bits per heavy atom. The maximum Gasteiger partial charge on any atom is 0.410 e. The zero-order chi connectivity index (χ0) is 11.8. The van der Waals surface area contributed by atoms with E-state index in [1.807, 2.05) is 13.8 Å². The molecular weight excluding hydrogens is 198 g/mol. The Kier molecular flexibility index (Phi) is 6.49. The number of carbonyl (C=O) groups is 2. The van der Waals surface area contributed by atoms with Gasteiger partial charge in [0.25, 0.3) is 0 Å². The van der Waals surface area contributed by atoms with E-state index < -0.39 is 18.2 Å². The third-order valence-corrected chi connectivity index (χ3v) is 1.92. The van der Waals surface area contributed by atoms with Gasteiger partial charge in [-0.1, -0.05) is 0 Å². The molecule has 0 spiro atoms. The summed E-state index contributed by atoms with van der Waals surface area (Å²) in [5.41, 5.74) is 0. The van der Waals surface area contributed by atoms with Gasteiger partial charge < -0.3 is 14.4 Å². The molecule has 0 rings (SSSR count). The van der Waals surface area contributed by atoms with Gasteiger partial charge in [-0.25, -0.2) is 9.59 Å². The van der Waals surface area contributed by atoms with Crippen LogP contribution in [-0.4, -0.2) is 42.8 Å². The lowest BCUT2D eigenvalue weighted by Gasteiger charge is -2.20. The Labute approximate surface area is 90.3 Å². The van der Waals surface area contributed by atoms with Crippen molar-refractivity contribution in [3.8, 4) is 0 Å². The molecule has 0 aromatic rings. The van der Waals surface area contributed by atoms with E-state index in [1.54, 1.807) is 6.92 Å². The minimum absolute atomic E-state index is 0.284. The molecular formula is C10H19NO4. The van der Waals surface area contributed by atoms with Gasteiger partial charge in [-0.2, -0.15) is 0 Å². The molecule has 88 valence electrons. The highest BCUT2D eigenvalue weighted by Gasteiger charge is 2.21. The Hall–Kier alpha value is -1.26. The fourth-order valence-electron chi connectivity index (χ4n) is 1.02. The summed E-state index contributed by atoms with van der Waals surface area (Å²) >= 11 is 0. The molecule has 0 saturated carbocycles. The second kappa shape index (κ2) is 7.09. The first-order valence-electron chi connectivity index (χ1n) is 5.18. The molecule has 0 N–H and O–H groups in total. The van der Waals surface area contributed by atoms with Gasteiger partial charge in [0.15, 0.2) is 6.10 Å². The maximum atomic E-state index is 11.4. The molecule has 1 amide bonds. The van der Waals surface area contributed by atoms with E-state index in [4.69, 9.17) is 9.47 Å². The molecule has 0 aromatic carbocycles. The largest absolute Gasteiger partial charge is 0.463 e. The topological polar surface area (TPSA) is 55.8 Å². The minimum Gasteiger partial charge on any atom is -0.463 e. The summed E-state index contributed by atoms with van der Waals surface area (Å²) < 4.78 is 9.64. The molecule has 1 unspecified atom stereocenters. The third kappa shape index (κ3) is 4.67. The van der Waals surface area contributed by atoms with Crippen LogP contribution in [0.4, 0.5) is 4.79 Å². The van der Waals surface area contributed by atoms with E-state index in [-0.39, 0.29) is 6.61 Å². The number of rotatable bonds is 5. The summed E-state index contributed by atoms with van der Waals surface area (Å²) in [7, 11) is 0. The fraction of sp³-hybridized carbons (Fsp3) is 0.800. The standard InChI is InChI=1S/C10H19NO4/c1-5-11(6-2)10(13)15-8(4)9(12)14-7-3/h8H,5-7H2,1-4H3. The molecule has 0 heterocycles. The Bertz CT molecular complexity index is 213. The van der Waals surface area contributed by atoms with Crippen LogP contribution in [0.2, 0.25) is 0 Å². The normalized spacial score (nSPS) is 11.7. The number of carbonyl (C=O) groups excluding carboxylic acids is 2. The monoisotopic (exact) mass is 217 g/mol. The third-order valence-electron chi connectivity index (χ3n) is 1.92. The lowest BCUT2D eigenvalue weighted by Crippen LogP contribution is -2.36. The van der Waals surface area contributed by atoms with Crippen LogP contribution >= 0.6 is 0 Å². The summed E-state index contributed by atoms with van der Waals surface area (Å²) in [4.78, 5) is 24.1. The van der Waals surface area contributed by atoms with Crippen molar-refractivity contribution in [2.24, 2.45) is 0 Å². The molecule has 0 bridgehead atoms. The zero-order valence-electron chi connectivity index (χ0n) is 9.78. The van der Waals surface area contributed by atoms with Gasteiger partial charge in [-0.15, -0.1) is 0 Å². The van der Waals surface area contributed by atoms with E-state index in [9.17, 15) is 9.59 Å². The van der Waals surface area contributed by atoms with Gasteiger partial charge >= 0.3 is 12.1 Å². The van der Waals surface area contributed by atoms with Crippen LogP contribution in [0.1, 0.15) is 27.7 Å².